The van der Waals surface area contributed by atoms with Gasteiger partial charge in [-0.2, -0.15) is 0 Å². The first kappa shape index (κ1) is 12.6. The number of nitrogens with one attached hydrogen (secondary N) is 1. The van der Waals surface area contributed by atoms with Crippen LogP contribution in [0.2, 0.25) is 0 Å². The maximum Gasteiger partial charge on any atom is 0.245 e. The smallest absolute Gasteiger partial charge is 0.245 e. The van der Waals surface area contributed by atoms with E-state index in [1.165, 1.54) is 0 Å². The maximum atomic E-state index is 12.0. The first-order chi connectivity index (χ1) is 8.61. The Labute approximate surface area is 106 Å². The molecule has 2 heterocycles. The zero-order valence-electron chi connectivity index (χ0n) is 10.7. The van der Waals surface area contributed by atoms with Gasteiger partial charge in [0.1, 0.15) is 11.9 Å². The first-order valence-corrected chi connectivity index (χ1v) is 6.17. The SMILES string of the molecule is CCC1NC(=O)CN(CCn2ccnc2C)C1=O. The van der Waals surface area contributed by atoms with E-state index in [9.17, 15) is 9.59 Å². The van der Waals surface area contributed by atoms with E-state index in [0.29, 0.717) is 19.5 Å². The maximum absolute atomic E-state index is 12.0. The second-order valence-electron chi connectivity index (χ2n) is 4.46. The summed E-state index contributed by atoms with van der Waals surface area (Å²) in [5.74, 6) is 0.842. The number of hydrogen-bond acceptors (Lipinski definition) is 3. The van der Waals surface area contributed by atoms with Crippen LogP contribution in [0.15, 0.2) is 12.4 Å². The Bertz CT molecular complexity index is 455. The monoisotopic (exact) mass is 250 g/mol. The van der Waals surface area contributed by atoms with Gasteiger partial charge in [-0.1, -0.05) is 6.92 Å². The summed E-state index contributed by atoms with van der Waals surface area (Å²) in [4.78, 5) is 29.3. The number of nitrogens with zero attached hydrogens (tertiary/aromatic N) is 3. The Kier molecular flexibility index (Phi) is 3.64. The molecule has 0 radical (unpaired) electrons. The molecule has 98 valence electrons. The van der Waals surface area contributed by atoms with E-state index in [2.05, 4.69) is 10.3 Å². The number of carbonyl (C=O) groups excluding carboxylic acids is 2. The van der Waals surface area contributed by atoms with Gasteiger partial charge >= 0.3 is 0 Å². The van der Waals surface area contributed by atoms with Gasteiger partial charge in [-0.05, 0) is 13.3 Å². The molecule has 1 saturated heterocycles. The van der Waals surface area contributed by atoms with E-state index < -0.39 is 0 Å². The Morgan fingerprint density at radius 2 is 2.22 bits per heavy atom. The lowest BCUT2D eigenvalue weighted by Crippen LogP contribution is -2.58. The van der Waals surface area contributed by atoms with Crippen LogP contribution in [-0.2, 0) is 16.1 Å². The summed E-state index contributed by atoms with van der Waals surface area (Å²) in [5.41, 5.74) is 0. The number of aryl methyl sites for hydroxylation is 1. The van der Waals surface area contributed by atoms with Crippen molar-refractivity contribution in [2.75, 3.05) is 13.1 Å². The number of amides is 2. The molecule has 1 aliphatic heterocycles. The lowest BCUT2D eigenvalue weighted by atomic mass is 10.1. The second kappa shape index (κ2) is 5.20. The average molecular weight is 250 g/mol. The molecule has 2 amide bonds. The molecule has 1 atom stereocenters. The fraction of sp³-hybridized carbons (Fsp3) is 0.583. The molecule has 1 aliphatic rings. The van der Waals surface area contributed by atoms with Crippen LogP contribution in [0.3, 0.4) is 0 Å². The fourth-order valence-electron chi connectivity index (χ4n) is 2.11. The highest BCUT2D eigenvalue weighted by Gasteiger charge is 2.30. The Balaban J connectivity index is 1.97. The normalized spacial score (nSPS) is 20.1. The van der Waals surface area contributed by atoms with Crippen LogP contribution < -0.4 is 5.32 Å². The zero-order chi connectivity index (χ0) is 13.1. The fourth-order valence-corrected chi connectivity index (χ4v) is 2.11. The Morgan fingerprint density at radius 1 is 1.44 bits per heavy atom. The predicted molar refractivity (Wildman–Crippen MR) is 65.8 cm³/mol. The molecule has 1 N–H and O–H groups in total. The van der Waals surface area contributed by atoms with Crippen molar-refractivity contribution in [1.82, 2.24) is 19.8 Å². The van der Waals surface area contributed by atoms with Crippen LogP contribution in [0.4, 0.5) is 0 Å². The number of carbonyl (C=O) groups is 2. The molecule has 0 aromatic carbocycles. The van der Waals surface area contributed by atoms with Gasteiger partial charge in [-0.15, -0.1) is 0 Å². The summed E-state index contributed by atoms with van der Waals surface area (Å²) in [5, 5.41) is 2.70. The Hall–Kier alpha value is -1.85. The molecule has 0 bridgehead atoms. The molecule has 0 saturated carbocycles. The van der Waals surface area contributed by atoms with E-state index in [4.69, 9.17) is 0 Å². The zero-order valence-corrected chi connectivity index (χ0v) is 10.7. The molecule has 2 rings (SSSR count). The van der Waals surface area contributed by atoms with Gasteiger partial charge in [-0.25, -0.2) is 4.98 Å². The van der Waals surface area contributed by atoms with Gasteiger partial charge in [0, 0.05) is 25.5 Å². The van der Waals surface area contributed by atoms with Gasteiger partial charge in [0.25, 0.3) is 0 Å². The molecule has 0 spiro atoms. The van der Waals surface area contributed by atoms with Gasteiger partial charge in [0.15, 0.2) is 0 Å². The molecular formula is C12H18N4O2. The minimum Gasteiger partial charge on any atom is -0.343 e. The highest BCUT2D eigenvalue weighted by molar-refractivity contribution is 5.94. The molecule has 1 fully saturated rings. The molecule has 1 aromatic rings. The van der Waals surface area contributed by atoms with Gasteiger partial charge < -0.3 is 14.8 Å². The van der Waals surface area contributed by atoms with E-state index >= 15 is 0 Å². The number of imidazole rings is 1. The summed E-state index contributed by atoms with van der Waals surface area (Å²) in [6, 6.07) is -0.366. The van der Waals surface area contributed by atoms with Crippen molar-refractivity contribution < 1.29 is 9.59 Å². The summed E-state index contributed by atoms with van der Waals surface area (Å²) in [6.45, 7) is 5.18. The standard InChI is InChI=1S/C12H18N4O2/c1-3-10-12(18)16(8-11(17)14-10)7-6-15-5-4-13-9(15)2/h4-5,10H,3,6-8H2,1-2H3,(H,14,17). The molecule has 18 heavy (non-hydrogen) atoms. The van der Waals surface area contributed by atoms with Crippen molar-refractivity contribution in [3.8, 4) is 0 Å². The van der Waals surface area contributed by atoms with Crippen molar-refractivity contribution in [1.29, 1.82) is 0 Å². The molecule has 1 unspecified atom stereocenters. The lowest BCUT2D eigenvalue weighted by Gasteiger charge is -2.32. The second-order valence-corrected chi connectivity index (χ2v) is 4.46. The molecule has 0 aliphatic carbocycles. The topological polar surface area (TPSA) is 67.2 Å². The van der Waals surface area contributed by atoms with E-state index in [1.807, 2.05) is 24.6 Å². The van der Waals surface area contributed by atoms with Crippen LogP contribution in [0.25, 0.3) is 0 Å². The highest BCUT2D eigenvalue weighted by atomic mass is 16.2. The number of piperazine rings is 1. The molecule has 6 nitrogen and oxygen atoms in total. The van der Waals surface area contributed by atoms with E-state index in [1.54, 1.807) is 11.1 Å². The van der Waals surface area contributed by atoms with Crippen LogP contribution in [0, 0.1) is 6.92 Å². The first-order valence-electron chi connectivity index (χ1n) is 6.17. The highest BCUT2D eigenvalue weighted by Crippen LogP contribution is 2.06. The third-order valence-electron chi connectivity index (χ3n) is 3.22. The molecule has 1 aromatic heterocycles. The number of aromatic nitrogens is 2. The van der Waals surface area contributed by atoms with Crippen LogP contribution in [0.1, 0.15) is 19.2 Å². The predicted octanol–water partition coefficient (Wildman–Crippen LogP) is -0.0715. The number of hydrogen-bond donors (Lipinski definition) is 1. The van der Waals surface area contributed by atoms with E-state index in [-0.39, 0.29) is 24.4 Å². The summed E-state index contributed by atoms with van der Waals surface area (Å²) < 4.78 is 1.97. The van der Waals surface area contributed by atoms with Crippen molar-refractivity contribution in [3.05, 3.63) is 18.2 Å². The minimum absolute atomic E-state index is 0.00914. The third-order valence-corrected chi connectivity index (χ3v) is 3.22. The van der Waals surface area contributed by atoms with Crippen molar-refractivity contribution in [3.63, 3.8) is 0 Å². The summed E-state index contributed by atoms with van der Waals surface area (Å²) in [6.07, 6.45) is 4.24. The molecular weight excluding hydrogens is 232 g/mol. The van der Waals surface area contributed by atoms with Crippen LogP contribution >= 0.6 is 0 Å². The van der Waals surface area contributed by atoms with E-state index in [0.717, 1.165) is 5.82 Å². The average Bonchev–Trinajstić information content (AvgIpc) is 2.75. The minimum atomic E-state index is -0.366. The third kappa shape index (κ3) is 2.52. The quantitative estimate of drug-likeness (QED) is 0.813. The van der Waals surface area contributed by atoms with Crippen LogP contribution in [0.5, 0.6) is 0 Å². The van der Waals surface area contributed by atoms with Crippen molar-refractivity contribution in [2.24, 2.45) is 0 Å². The van der Waals surface area contributed by atoms with Gasteiger partial charge in [-0.3, -0.25) is 9.59 Å². The van der Waals surface area contributed by atoms with Crippen LogP contribution in [-0.4, -0.2) is 45.4 Å². The Morgan fingerprint density at radius 3 is 2.83 bits per heavy atom. The lowest BCUT2D eigenvalue weighted by molar-refractivity contribution is -0.144. The number of rotatable bonds is 4. The summed E-state index contributed by atoms with van der Waals surface area (Å²) >= 11 is 0. The largest absolute Gasteiger partial charge is 0.343 e. The van der Waals surface area contributed by atoms with Crippen molar-refractivity contribution >= 4 is 11.8 Å². The molecule has 6 heteroatoms. The van der Waals surface area contributed by atoms with Gasteiger partial charge in [0.05, 0.1) is 6.54 Å². The van der Waals surface area contributed by atoms with Crippen molar-refractivity contribution in [2.45, 2.75) is 32.9 Å². The van der Waals surface area contributed by atoms with Gasteiger partial charge in [0.2, 0.25) is 11.8 Å². The summed E-state index contributed by atoms with van der Waals surface area (Å²) in [7, 11) is 0.